The highest BCUT2D eigenvalue weighted by Crippen LogP contribution is 2.25. The first-order valence-electron chi connectivity index (χ1n) is 5.45. The Hall–Kier alpha value is -2.13. The van der Waals surface area contributed by atoms with Gasteiger partial charge in [-0.2, -0.15) is 0 Å². The van der Waals surface area contributed by atoms with Gasteiger partial charge in [0.2, 0.25) is 10.0 Å². The number of sulfonamides is 1. The van der Waals surface area contributed by atoms with Crippen LogP contribution < -0.4 is 15.2 Å². The summed E-state index contributed by atoms with van der Waals surface area (Å²) in [6.45, 7) is 1.41. The molecule has 0 bridgehead atoms. The predicted octanol–water partition coefficient (Wildman–Crippen LogP) is -0.454. The third kappa shape index (κ3) is 3.68. The zero-order chi connectivity index (χ0) is 15.5. The maximum atomic E-state index is 11.5. The van der Waals surface area contributed by atoms with Crippen molar-refractivity contribution < 1.29 is 27.9 Å². The molecule has 0 spiro atoms. The van der Waals surface area contributed by atoms with Crippen LogP contribution in [0.25, 0.3) is 0 Å². The molecule has 0 aromatic heterocycles. The van der Waals surface area contributed by atoms with Crippen LogP contribution in [0.15, 0.2) is 23.1 Å². The molecule has 110 valence electrons. The van der Waals surface area contributed by atoms with Crippen molar-refractivity contribution in [3.8, 4) is 5.75 Å². The molecule has 9 heteroatoms. The number of rotatable bonds is 5. The highest BCUT2D eigenvalue weighted by Gasteiger charge is 2.21. The fraction of sp³-hybridized carbons (Fsp3) is 0.273. The van der Waals surface area contributed by atoms with Crippen LogP contribution in [0.3, 0.4) is 0 Å². The van der Waals surface area contributed by atoms with Gasteiger partial charge in [-0.1, -0.05) is 0 Å². The van der Waals surface area contributed by atoms with Gasteiger partial charge in [-0.15, -0.1) is 0 Å². The highest BCUT2D eigenvalue weighted by molar-refractivity contribution is 7.89. The van der Waals surface area contributed by atoms with Crippen LogP contribution in [0.1, 0.15) is 17.3 Å². The fourth-order valence-electron chi connectivity index (χ4n) is 1.41. The Morgan fingerprint density at radius 1 is 1.40 bits per heavy atom. The lowest BCUT2D eigenvalue weighted by atomic mass is 10.2. The van der Waals surface area contributed by atoms with E-state index < -0.39 is 32.9 Å². The Labute approximate surface area is 115 Å². The summed E-state index contributed by atoms with van der Waals surface area (Å²) < 4.78 is 28.1. The molecule has 0 saturated heterocycles. The molecule has 8 nitrogen and oxygen atoms in total. The van der Waals surface area contributed by atoms with E-state index in [-0.39, 0.29) is 11.3 Å². The molecule has 4 N–H and O–H groups in total. The van der Waals surface area contributed by atoms with Gasteiger partial charge in [0.15, 0.2) is 6.10 Å². The van der Waals surface area contributed by atoms with Crippen LogP contribution in [0.5, 0.6) is 5.75 Å². The number of nitrogens with two attached hydrogens (primary N) is 1. The zero-order valence-corrected chi connectivity index (χ0v) is 11.6. The lowest BCUT2D eigenvalue weighted by molar-refractivity contribution is -0.126. The average Bonchev–Trinajstić information content (AvgIpc) is 2.36. The van der Waals surface area contributed by atoms with E-state index in [0.717, 1.165) is 18.2 Å². The Morgan fingerprint density at radius 2 is 2.00 bits per heavy atom. The molecule has 0 fully saturated rings. The summed E-state index contributed by atoms with van der Waals surface area (Å²) in [5.41, 5.74) is -0.256. The summed E-state index contributed by atoms with van der Waals surface area (Å²) in [5.74, 6) is -1.96. The third-order valence-electron chi connectivity index (χ3n) is 2.42. The van der Waals surface area contributed by atoms with Crippen LogP contribution in [-0.2, 0) is 14.8 Å². The normalized spacial score (nSPS) is 12.6. The summed E-state index contributed by atoms with van der Waals surface area (Å²) in [4.78, 5) is 21.7. The number of nitrogens with one attached hydrogen (secondary N) is 1. The predicted molar refractivity (Wildman–Crippen MR) is 68.9 cm³/mol. The van der Waals surface area contributed by atoms with E-state index in [4.69, 9.17) is 15.0 Å². The van der Waals surface area contributed by atoms with E-state index in [0.29, 0.717) is 0 Å². The van der Waals surface area contributed by atoms with Crippen LogP contribution in [-0.4, -0.2) is 38.6 Å². The number of aromatic carboxylic acids is 1. The SMILES string of the molecule is CNC(=O)C(C)Oc1ccc(C(=O)O)cc1S(N)(=O)=O. The molecule has 0 aliphatic rings. The first-order chi connectivity index (χ1) is 9.16. The monoisotopic (exact) mass is 302 g/mol. The van der Waals surface area contributed by atoms with Gasteiger partial charge in [-0.3, -0.25) is 4.79 Å². The van der Waals surface area contributed by atoms with Crippen LogP contribution in [0, 0.1) is 0 Å². The molecular weight excluding hydrogens is 288 g/mol. The number of carbonyl (C=O) groups is 2. The minimum atomic E-state index is -4.19. The molecule has 20 heavy (non-hydrogen) atoms. The number of carboxylic acids is 1. The number of carbonyl (C=O) groups excluding carboxylic acids is 1. The van der Waals surface area contributed by atoms with Gasteiger partial charge in [-0.05, 0) is 25.1 Å². The van der Waals surface area contributed by atoms with E-state index in [9.17, 15) is 18.0 Å². The molecule has 0 saturated carbocycles. The summed E-state index contributed by atoms with van der Waals surface area (Å²) in [6, 6.07) is 3.18. The smallest absolute Gasteiger partial charge is 0.335 e. The first-order valence-corrected chi connectivity index (χ1v) is 7.00. The van der Waals surface area contributed by atoms with Crippen LogP contribution in [0.2, 0.25) is 0 Å². The second kappa shape index (κ2) is 5.88. The van der Waals surface area contributed by atoms with E-state index in [1.54, 1.807) is 0 Å². The van der Waals surface area contributed by atoms with Gasteiger partial charge in [0.1, 0.15) is 10.6 Å². The summed E-state index contributed by atoms with van der Waals surface area (Å²) >= 11 is 0. The maximum Gasteiger partial charge on any atom is 0.335 e. The first kappa shape index (κ1) is 15.9. The second-order valence-corrected chi connectivity index (χ2v) is 5.42. The Morgan fingerprint density at radius 3 is 2.45 bits per heavy atom. The molecule has 1 unspecified atom stereocenters. The summed E-state index contributed by atoms with van der Waals surface area (Å²) in [5, 5.41) is 16.2. The van der Waals surface area contributed by atoms with E-state index in [1.165, 1.54) is 14.0 Å². The van der Waals surface area contributed by atoms with Gasteiger partial charge in [0, 0.05) is 7.05 Å². The maximum absolute atomic E-state index is 11.5. The van der Waals surface area contributed by atoms with E-state index in [1.807, 2.05) is 0 Å². The van der Waals surface area contributed by atoms with Crippen LogP contribution in [0.4, 0.5) is 0 Å². The van der Waals surface area contributed by atoms with Gasteiger partial charge < -0.3 is 15.2 Å². The summed E-state index contributed by atoms with van der Waals surface area (Å²) in [7, 11) is -2.79. The molecule has 1 aromatic rings. The quantitative estimate of drug-likeness (QED) is 0.673. The molecule has 0 aliphatic heterocycles. The molecule has 0 aliphatic carbocycles. The number of likely N-dealkylation sites (N-methyl/N-ethyl adjacent to an activating group) is 1. The third-order valence-corrected chi connectivity index (χ3v) is 3.35. The zero-order valence-electron chi connectivity index (χ0n) is 10.8. The van der Waals surface area contributed by atoms with Crippen molar-refractivity contribution in [2.24, 2.45) is 5.14 Å². The van der Waals surface area contributed by atoms with Crippen LogP contribution >= 0.6 is 0 Å². The van der Waals surface area contributed by atoms with Crippen molar-refractivity contribution in [1.29, 1.82) is 0 Å². The van der Waals surface area contributed by atoms with Gasteiger partial charge in [-0.25, -0.2) is 18.4 Å². The number of carboxylic acid groups (broad SMARTS) is 1. The number of amides is 1. The molecule has 1 rings (SSSR count). The number of ether oxygens (including phenoxy) is 1. The molecule has 0 heterocycles. The standard InChI is InChI=1S/C11H14N2O6S/c1-6(10(14)13-2)19-8-4-3-7(11(15)16)5-9(8)20(12,17)18/h3-6H,1-2H3,(H,13,14)(H,15,16)(H2,12,17,18). The Kier molecular flexibility index (Phi) is 4.69. The number of hydrogen-bond donors (Lipinski definition) is 3. The average molecular weight is 302 g/mol. The number of primary sulfonamides is 1. The van der Waals surface area contributed by atoms with Crippen molar-refractivity contribution >= 4 is 21.9 Å². The largest absolute Gasteiger partial charge is 0.479 e. The van der Waals surface area contributed by atoms with Crippen molar-refractivity contribution in [2.45, 2.75) is 17.9 Å². The van der Waals surface area contributed by atoms with Crippen molar-refractivity contribution in [3.63, 3.8) is 0 Å². The molecule has 1 amide bonds. The lowest BCUT2D eigenvalue weighted by Crippen LogP contribution is -2.34. The molecule has 0 radical (unpaired) electrons. The topological polar surface area (TPSA) is 136 Å². The summed E-state index contributed by atoms with van der Waals surface area (Å²) in [6.07, 6.45) is -0.962. The number of benzene rings is 1. The van der Waals surface area contributed by atoms with Crippen molar-refractivity contribution in [1.82, 2.24) is 5.32 Å². The van der Waals surface area contributed by atoms with Gasteiger partial charge >= 0.3 is 5.97 Å². The van der Waals surface area contributed by atoms with Crippen molar-refractivity contribution in [3.05, 3.63) is 23.8 Å². The molecule has 1 aromatic carbocycles. The number of hydrogen-bond acceptors (Lipinski definition) is 5. The van der Waals surface area contributed by atoms with Gasteiger partial charge in [0.05, 0.1) is 5.56 Å². The minimum absolute atomic E-state index is 0.186. The highest BCUT2D eigenvalue weighted by atomic mass is 32.2. The lowest BCUT2D eigenvalue weighted by Gasteiger charge is -2.15. The second-order valence-electron chi connectivity index (χ2n) is 3.89. The molecule has 1 atom stereocenters. The van der Waals surface area contributed by atoms with Gasteiger partial charge in [0.25, 0.3) is 5.91 Å². The Balaban J connectivity index is 3.26. The van der Waals surface area contributed by atoms with E-state index in [2.05, 4.69) is 5.32 Å². The minimum Gasteiger partial charge on any atom is -0.479 e. The molecular formula is C11H14N2O6S. The van der Waals surface area contributed by atoms with Crippen molar-refractivity contribution in [2.75, 3.05) is 7.05 Å². The van der Waals surface area contributed by atoms with E-state index >= 15 is 0 Å². The Bertz CT molecular complexity index is 640. The fourth-order valence-corrected chi connectivity index (χ4v) is 2.10.